The fraction of sp³-hybridized carbons (Fsp3) is 0.235. The van der Waals surface area contributed by atoms with Crippen molar-refractivity contribution in [1.29, 1.82) is 5.26 Å². The number of hydrogen-bond acceptors (Lipinski definition) is 4. The number of anilines is 1. The van der Waals surface area contributed by atoms with Crippen LogP contribution in [0.3, 0.4) is 0 Å². The lowest BCUT2D eigenvalue weighted by atomic mass is 10.1. The van der Waals surface area contributed by atoms with Crippen LogP contribution in [0.5, 0.6) is 11.5 Å². The molecule has 0 spiro atoms. The number of benzene rings is 2. The van der Waals surface area contributed by atoms with Crippen molar-refractivity contribution < 1.29 is 9.47 Å². The molecule has 0 saturated carbocycles. The molecule has 0 aliphatic rings. The first-order valence-electron chi connectivity index (χ1n) is 6.61. The zero-order chi connectivity index (χ0) is 15.2. The van der Waals surface area contributed by atoms with Gasteiger partial charge in [-0.05, 0) is 29.8 Å². The normalized spacial score (nSPS) is 9.81. The van der Waals surface area contributed by atoms with Gasteiger partial charge >= 0.3 is 0 Å². The van der Waals surface area contributed by atoms with Crippen LogP contribution >= 0.6 is 0 Å². The highest BCUT2D eigenvalue weighted by Crippen LogP contribution is 2.23. The predicted octanol–water partition coefficient (Wildman–Crippen LogP) is 3.21. The molecule has 2 aromatic rings. The molecule has 0 fully saturated rings. The first kappa shape index (κ1) is 14.7. The summed E-state index contributed by atoms with van der Waals surface area (Å²) in [5, 5.41) is 8.96. The van der Waals surface area contributed by atoms with Gasteiger partial charge < -0.3 is 14.4 Å². The van der Waals surface area contributed by atoms with Gasteiger partial charge in [0.2, 0.25) is 0 Å². The summed E-state index contributed by atoms with van der Waals surface area (Å²) in [5.74, 6) is 1.38. The molecule has 0 unspecified atom stereocenters. The molecule has 21 heavy (non-hydrogen) atoms. The standard InChI is InChI=1S/C17H18N2O2/c1-19(2)15-5-4-6-16(10-15)21-12-13-7-8-14(11-18)17(9-13)20-3/h4-10H,12H2,1-3H3. The first-order chi connectivity index (χ1) is 10.1. The largest absolute Gasteiger partial charge is 0.495 e. The molecule has 4 heteroatoms. The molecule has 0 aromatic heterocycles. The Morgan fingerprint density at radius 2 is 1.95 bits per heavy atom. The third-order valence-corrected chi connectivity index (χ3v) is 3.13. The predicted molar refractivity (Wildman–Crippen MR) is 82.8 cm³/mol. The Kier molecular flexibility index (Phi) is 4.68. The fourth-order valence-corrected chi connectivity index (χ4v) is 1.94. The van der Waals surface area contributed by atoms with E-state index in [1.807, 2.05) is 55.4 Å². The van der Waals surface area contributed by atoms with E-state index in [0.717, 1.165) is 17.0 Å². The quantitative estimate of drug-likeness (QED) is 0.844. The van der Waals surface area contributed by atoms with E-state index in [-0.39, 0.29) is 0 Å². The van der Waals surface area contributed by atoms with Crippen molar-refractivity contribution in [3.8, 4) is 17.6 Å². The number of ether oxygens (including phenoxy) is 2. The van der Waals surface area contributed by atoms with Gasteiger partial charge in [0.15, 0.2) is 0 Å². The molecule has 0 N–H and O–H groups in total. The summed E-state index contributed by atoms with van der Waals surface area (Å²) in [7, 11) is 5.54. The Morgan fingerprint density at radius 3 is 2.62 bits per heavy atom. The highest BCUT2D eigenvalue weighted by molar-refractivity contribution is 5.49. The summed E-state index contributed by atoms with van der Waals surface area (Å²) in [5.41, 5.74) is 2.57. The Labute approximate surface area is 125 Å². The maximum atomic E-state index is 8.96. The third kappa shape index (κ3) is 3.67. The number of rotatable bonds is 5. The molecule has 0 bridgehead atoms. The maximum absolute atomic E-state index is 8.96. The van der Waals surface area contributed by atoms with E-state index in [0.29, 0.717) is 17.9 Å². The van der Waals surface area contributed by atoms with Crippen LogP contribution in [0.15, 0.2) is 42.5 Å². The van der Waals surface area contributed by atoms with Crippen LogP contribution in [0.4, 0.5) is 5.69 Å². The maximum Gasteiger partial charge on any atom is 0.137 e. The van der Waals surface area contributed by atoms with Gasteiger partial charge in [0.25, 0.3) is 0 Å². The van der Waals surface area contributed by atoms with Crippen LogP contribution in [-0.4, -0.2) is 21.2 Å². The van der Waals surface area contributed by atoms with Crippen LogP contribution in [0, 0.1) is 11.3 Å². The first-order valence-corrected chi connectivity index (χ1v) is 6.61. The Hall–Kier alpha value is -2.67. The van der Waals surface area contributed by atoms with Crippen molar-refractivity contribution in [3.05, 3.63) is 53.6 Å². The van der Waals surface area contributed by atoms with Crippen LogP contribution in [0.2, 0.25) is 0 Å². The number of nitriles is 1. The minimum Gasteiger partial charge on any atom is -0.495 e. The van der Waals surface area contributed by atoms with E-state index in [1.54, 1.807) is 13.2 Å². The second kappa shape index (κ2) is 6.67. The van der Waals surface area contributed by atoms with Crippen molar-refractivity contribution in [1.82, 2.24) is 0 Å². The van der Waals surface area contributed by atoms with Crippen LogP contribution in [-0.2, 0) is 6.61 Å². The zero-order valence-electron chi connectivity index (χ0n) is 12.5. The summed E-state index contributed by atoms with van der Waals surface area (Å²) in [6.45, 7) is 0.430. The topological polar surface area (TPSA) is 45.5 Å². The Morgan fingerprint density at radius 1 is 1.14 bits per heavy atom. The molecule has 2 rings (SSSR count). The summed E-state index contributed by atoms with van der Waals surface area (Å²) >= 11 is 0. The minimum absolute atomic E-state index is 0.430. The van der Waals surface area contributed by atoms with Crippen molar-refractivity contribution in [3.63, 3.8) is 0 Å². The molecule has 0 aliphatic carbocycles. The van der Waals surface area contributed by atoms with Gasteiger partial charge in [-0.2, -0.15) is 5.26 Å². The zero-order valence-corrected chi connectivity index (χ0v) is 12.5. The van der Waals surface area contributed by atoms with E-state index >= 15 is 0 Å². The lowest BCUT2D eigenvalue weighted by Crippen LogP contribution is -2.08. The van der Waals surface area contributed by atoms with E-state index in [2.05, 4.69) is 6.07 Å². The Balaban J connectivity index is 2.10. The van der Waals surface area contributed by atoms with Gasteiger partial charge in [-0.25, -0.2) is 0 Å². The molecule has 0 heterocycles. The lowest BCUT2D eigenvalue weighted by Gasteiger charge is -2.14. The molecular weight excluding hydrogens is 264 g/mol. The lowest BCUT2D eigenvalue weighted by molar-refractivity contribution is 0.305. The van der Waals surface area contributed by atoms with Gasteiger partial charge in [-0.3, -0.25) is 0 Å². The third-order valence-electron chi connectivity index (χ3n) is 3.13. The average Bonchev–Trinajstić information content (AvgIpc) is 2.52. The van der Waals surface area contributed by atoms with Gasteiger partial charge in [0, 0.05) is 25.8 Å². The second-order valence-electron chi connectivity index (χ2n) is 4.83. The van der Waals surface area contributed by atoms with Gasteiger partial charge in [0.1, 0.15) is 24.2 Å². The minimum atomic E-state index is 0.430. The fourth-order valence-electron chi connectivity index (χ4n) is 1.94. The van der Waals surface area contributed by atoms with Gasteiger partial charge in [-0.15, -0.1) is 0 Å². The molecular formula is C17H18N2O2. The van der Waals surface area contributed by atoms with Crippen molar-refractivity contribution in [2.75, 3.05) is 26.1 Å². The van der Waals surface area contributed by atoms with E-state index < -0.39 is 0 Å². The van der Waals surface area contributed by atoms with E-state index in [4.69, 9.17) is 14.7 Å². The smallest absolute Gasteiger partial charge is 0.137 e. The van der Waals surface area contributed by atoms with Crippen molar-refractivity contribution in [2.24, 2.45) is 0 Å². The Bertz CT molecular complexity index is 660. The summed E-state index contributed by atoms with van der Waals surface area (Å²) < 4.78 is 11.0. The molecule has 0 amide bonds. The molecule has 0 aliphatic heterocycles. The molecule has 4 nitrogen and oxygen atoms in total. The van der Waals surface area contributed by atoms with Gasteiger partial charge in [0.05, 0.1) is 12.7 Å². The SMILES string of the molecule is COc1cc(COc2cccc(N(C)C)c2)ccc1C#N. The average molecular weight is 282 g/mol. The van der Waals surface area contributed by atoms with Crippen molar-refractivity contribution >= 4 is 5.69 Å². The molecule has 108 valence electrons. The molecule has 2 aromatic carbocycles. The summed E-state index contributed by atoms with van der Waals surface area (Å²) in [6, 6.07) is 15.4. The van der Waals surface area contributed by atoms with E-state index in [9.17, 15) is 0 Å². The van der Waals surface area contributed by atoms with Crippen molar-refractivity contribution in [2.45, 2.75) is 6.61 Å². The molecule has 0 atom stereocenters. The van der Waals surface area contributed by atoms with Crippen LogP contribution in [0.1, 0.15) is 11.1 Å². The number of hydrogen-bond donors (Lipinski definition) is 0. The summed E-state index contributed by atoms with van der Waals surface area (Å²) in [6.07, 6.45) is 0. The molecule has 0 radical (unpaired) electrons. The number of nitrogens with zero attached hydrogens (tertiary/aromatic N) is 2. The van der Waals surface area contributed by atoms with Crippen LogP contribution < -0.4 is 14.4 Å². The van der Waals surface area contributed by atoms with E-state index in [1.165, 1.54) is 0 Å². The number of methoxy groups -OCH3 is 1. The highest BCUT2D eigenvalue weighted by Gasteiger charge is 2.05. The van der Waals surface area contributed by atoms with Crippen LogP contribution in [0.25, 0.3) is 0 Å². The molecule has 0 saturated heterocycles. The summed E-state index contributed by atoms with van der Waals surface area (Å²) in [4.78, 5) is 2.03. The second-order valence-corrected chi connectivity index (χ2v) is 4.83. The monoisotopic (exact) mass is 282 g/mol. The highest BCUT2D eigenvalue weighted by atomic mass is 16.5. The van der Waals surface area contributed by atoms with Gasteiger partial charge in [-0.1, -0.05) is 12.1 Å².